The van der Waals surface area contributed by atoms with E-state index < -0.39 is 0 Å². The molecule has 0 rings (SSSR count). The van der Waals surface area contributed by atoms with Gasteiger partial charge in [-0.2, -0.15) is 0 Å². The van der Waals surface area contributed by atoms with Crippen LogP contribution in [0.1, 0.15) is 55.4 Å². The van der Waals surface area contributed by atoms with Gasteiger partial charge in [-0.15, -0.1) is 0 Å². The Morgan fingerprint density at radius 2 is 0.615 bits per heavy atom. The molecule has 0 aliphatic heterocycles. The van der Waals surface area contributed by atoms with Gasteiger partial charge in [0.15, 0.2) is 0 Å². The van der Waals surface area contributed by atoms with Gasteiger partial charge >= 0.3 is 66.7 Å². The zero-order valence-electron chi connectivity index (χ0n) is 17.7. The van der Waals surface area contributed by atoms with Gasteiger partial charge in [-0.05, 0) is 55.4 Å². The summed E-state index contributed by atoms with van der Waals surface area (Å²) in [6, 6.07) is 0. The van der Waals surface area contributed by atoms with Gasteiger partial charge in [-0.1, -0.05) is 0 Å². The standard InChI is InChI=1S/2C8H20N.4ClH.2Fe.2H2S/c2*1-5-9(6-2,7-3)8-4;;;;;;;;/h2*5-8H2,1-4H3;4*1H;;;2*1H2/q2*+1;;;;;+1;+3;;/p-6. The van der Waals surface area contributed by atoms with Crippen molar-refractivity contribution in [2.45, 2.75) is 55.4 Å². The van der Waals surface area contributed by atoms with Gasteiger partial charge in [0.1, 0.15) is 0 Å². The smallest absolute Gasteiger partial charge is 0.813 e. The Labute approximate surface area is 208 Å². The summed E-state index contributed by atoms with van der Waals surface area (Å²) in [6.07, 6.45) is 0. The van der Waals surface area contributed by atoms with Crippen LogP contribution < -0.4 is 0 Å². The summed E-state index contributed by atoms with van der Waals surface area (Å²) in [5, 5.41) is 0. The number of hydrogen-bond acceptors (Lipinski definition) is 2. The molecule has 0 aromatic heterocycles. The van der Waals surface area contributed by atoms with Crippen molar-refractivity contribution in [3.63, 3.8) is 0 Å². The minimum atomic E-state index is 0. The van der Waals surface area contributed by atoms with E-state index in [-0.39, 0.29) is 53.3 Å². The molecule has 10 heteroatoms. The van der Waals surface area contributed by atoms with E-state index in [0.717, 1.165) is 0 Å². The summed E-state index contributed by atoms with van der Waals surface area (Å²) in [5.74, 6) is 0. The molecule has 0 amide bonds. The molecule has 0 bridgehead atoms. The topological polar surface area (TPSA) is 0 Å². The van der Waals surface area contributed by atoms with Gasteiger partial charge in [-0.3, -0.25) is 0 Å². The zero-order chi connectivity index (χ0) is 20.1. The first-order valence-corrected chi connectivity index (χ1v) is 14.8. The summed E-state index contributed by atoms with van der Waals surface area (Å²) in [4.78, 5) is 0. The molecule has 0 radical (unpaired) electrons. The van der Waals surface area contributed by atoms with E-state index in [1.165, 1.54) is 61.3 Å². The van der Waals surface area contributed by atoms with E-state index in [1.807, 2.05) is 0 Å². The van der Waals surface area contributed by atoms with Crippen molar-refractivity contribution in [2.24, 2.45) is 0 Å². The van der Waals surface area contributed by atoms with Gasteiger partial charge in [0.2, 0.25) is 0 Å². The second kappa shape index (κ2) is 32.5. The van der Waals surface area contributed by atoms with Gasteiger partial charge in [0.25, 0.3) is 0 Å². The third kappa shape index (κ3) is 24.9. The first kappa shape index (κ1) is 42.8. The molecule has 2 nitrogen and oxygen atoms in total. The van der Waals surface area contributed by atoms with Crippen LogP contribution in [0.4, 0.5) is 0 Å². The second-order valence-corrected chi connectivity index (χ2v) is 8.96. The van der Waals surface area contributed by atoms with Crippen molar-refractivity contribution in [1.82, 2.24) is 0 Å². The van der Waals surface area contributed by atoms with Crippen LogP contribution in [0, 0.1) is 0 Å². The van der Waals surface area contributed by atoms with E-state index in [2.05, 4.69) is 55.4 Å². The summed E-state index contributed by atoms with van der Waals surface area (Å²) >= 11 is 0.389. The maximum atomic E-state index is 4.76. The van der Waals surface area contributed by atoms with Crippen LogP contribution in [0.5, 0.6) is 0 Å². The average molecular weight is 580 g/mol. The molecule has 0 aromatic carbocycles. The Morgan fingerprint density at radius 3 is 0.615 bits per heavy atom. The molecule has 0 unspecified atom stereocenters. The SMILES string of the molecule is CC[N+](CC)(CC)CC.CC[N+](CC)(CC)CC.[Cl][Fe+][Cl].[Cl][Fe-][Cl].[SH-].[SH-]. The normalized spacial score (nSPS) is 9.85. The van der Waals surface area contributed by atoms with Crippen molar-refractivity contribution in [2.75, 3.05) is 52.4 Å². The first-order chi connectivity index (χ1) is 11.3. The number of thiol groups is 2. The van der Waals surface area contributed by atoms with Crippen molar-refractivity contribution in [3.8, 4) is 0 Å². The Balaban J connectivity index is -0.0000000558. The van der Waals surface area contributed by atoms with Gasteiger partial charge in [-0.25, -0.2) is 0 Å². The fourth-order valence-corrected chi connectivity index (χ4v) is 2.68. The average Bonchev–Trinajstić information content (AvgIpc) is 2.62. The molecule has 0 spiro atoms. The van der Waals surface area contributed by atoms with Gasteiger partial charge in [0.05, 0.1) is 52.4 Å². The van der Waals surface area contributed by atoms with Crippen LogP contribution in [0.3, 0.4) is 0 Å². The molecule has 0 aromatic rings. The molecule has 0 saturated heterocycles. The van der Waals surface area contributed by atoms with Crippen LogP contribution >= 0.6 is 40.4 Å². The van der Waals surface area contributed by atoms with E-state index in [9.17, 15) is 0 Å². The Bertz CT molecular complexity index is 171. The molecule has 26 heavy (non-hydrogen) atoms. The number of rotatable bonds is 8. The minimum Gasteiger partial charge on any atom is -0.813 e. The van der Waals surface area contributed by atoms with Crippen LogP contribution in [-0.4, -0.2) is 61.3 Å². The van der Waals surface area contributed by atoms with Crippen molar-refractivity contribution in [1.29, 1.82) is 0 Å². The maximum Gasteiger partial charge on any atom is -0.813 e. The largest absolute Gasteiger partial charge is 0.813 e. The fourth-order valence-electron chi connectivity index (χ4n) is 2.68. The van der Waals surface area contributed by atoms with Crippen molar-refractivity contribution < 1.29 is 35.2 Å². The summed E-state index contributed by atoms with van der Waals surface area (Å²) < 4.78 is 2.56. The van der Waals surface area contributed by atoms with E-state index in [0.29, 0.717) is 0 Å². The molecule has 0 saturated carbocycles. The Morgan fingerprint density at radius 1 is 0.538 bits per heavy atom. The van der Waals surface area contributed by atoms with E-state index in [4.69, 9.17) is 40.4 Å². The molecular weight excluding hydrogens is 538 g/mol. The molecule has 0 aliphatic rings. The van der Waals surface area contributed by atoms with Gasteiger partial charge in [0, 0.05) is 0 Å². The van der Waals surface area contributed by atoms with E-state index in [1.54, 1.807) is 0 Å². The third-order valence-electron chi connectivity index (χ3n) is 5.37. The predicted molar refractivity (Wildman–Crippen MR) is 126 cm³/mol. The molecule has 0 N–H and O–H groups in total. The number of nitrogens with zero attached hydrogens (tertiary/aromatic N) is 2. The maximum absolute atomic E-state index is 4.76. The predicted octanol–water partition coefficient (Wildman–Crippen LogP) is 5.98. The summed E-state index contributed by atoms with van der Waals surface area (Å²) in [5.41, 5.74) is 0. The van der Waals surface area contributed by atoms with Crippen molar-refractivity contribution in [3.05, 3.63) is 0 Å². The second-order valence-electron chi connectivity index (χ2n) is 5.31. The molecule has 0 heterocycles. The molecule has 0 fully saturated rings. The van der Waals surface area contributed by atoms with Crippen molar-refractivity contribution >= 4 is 67.4 Å². The van der Waals surface area contributed by atoms with Crippen LogP contribution in [0.2, 0.25) is 0 Å². The zero-order valence-corrected chi connectivity index (χ0v) is 24.7. The van der Waals surface area contributed by atoms with E-state index >= 15 is 0 Å². The Hall–Kier alpha value is 2.82. The monoisotopic (exact) mass is 578 g/mol. The minimum absolute atomic E-state index is 0. The van der Waals surface area contributed by atoms with Gasteiger partial charge < -0.3 is 36.0 Å². The molecular formula is C16H42Cl4Fe2N2S2. The summed E-state index contributed by atoms with van der Waals surface area (Å²) in [7, 11) is 19.1. The van der Waals surface area contributed by atoms with Crippen LogP contribution in [-0.2, 0) is 53.3 Å². The third-order valence-corrected chi connectivity index (χ3v) is 5.37. The van der Waals surface area contributed by atoms with Crippen LogP contribution in [0.25, 0.3) is 0 Å². The Kier molecular flexibility index (Phi) is 53.5. The number of halogens is 4. The number of quaternary nitrogens is 2. The summed E-state index contributed by atoms with van der Waals surface area (Å²) in [6.45, 7) is 28.4. The molecule has 0 atom stereocenters. The first-order valence-electron chi connectivity index (χ1n) is 8.72. The fraction of sp³-hybridized carbons (Fsp3) is 1.00. The number of hydrogen-bond donors (Lipinski definition) is 0. The quantitative estimate of drug-likeness (QED) is 0.150. The molecule has 0 aliphatic carbocycles. The molecule has 172 valence electrons. The van der Waals surface area contributed by atoms with Crippen LogP contribution in [0.15, 0.2) is 0 Å².